The largest absolute Gasteiger partial charge is 0.464 e. The average Bonchev–Trinajstić information content (AvgIpc) is 2.96. The van der Waals surface area contributed by atoms with E-state index in [2.05, 4.69) is 22.8 Å². The summed E-state index contributed by atoms with van der Waals surface area (Å²) in [5.74, 6) is 1.60. The molecule has 0 spiro atoms. The van der Waals surface area contributed by atoms with E-state index in [9.17, 15) is 0 Å². The second-order valence-corrected chi connectivity index (χ2v) is 4.56. The monoisotopic (exact) mass is 232 g/mol. The average molecular weight is 232 g/mol. The number of nitrogen functional groups attached to an aromatic ring is 1. The zero-order valence-corrected chi connectivity index (χ0v) is 9.75. The number of nitrogens with two attached hydrogens (primary N) is 1. The molecule has 0 aliphatic rings. The molecule has 0 saturated carbocycles. The number of hydrogen-bond donors (Lipinski definition) is 1. The Labute approximate surface area is 97.1 Å². The van der Waals surface area contributed by atoms with Crippen molar-refractivity contribution in [2.24, 2.45) is 0 Å². The Morgan fingerprint density at radius 1 is 1.50 bits per heavy atom. The van der Waals surface area contributed by atoms with Gasteiger partial charge in [0.15, 0.2) is 0 Å². The van der Waals surface area contributed by atoms with Gasteiger partial charge in [0.1, 0.15) is 16.4 Å². The molecule has 3 nitrogen and oxygen atoms in total. The third kappa shape index (κ3) is 1.20. The molecule has 16 heavy (non-hydrogen) atoms. The molecule has 2 N–H and O–H groups in total. The van der Waals surface area contributed by atoms with E-state index < -0.39 is 0 Å². The first-order chi connectivity index (χ1) is 7.81. The van der Waals surface area contributed by atoms with Crippen LogP contribution in [-0.4, -0.2) is 4.40 Å². The van der Waals surface area contributed by atoms with Gasteiger partial charge in [-0.2, -0.15) is 0 Å². The maximum atomic E-state index is 6.16. The van der Waals surface area contributed by atoms with Crippen LogP contribution in [0.3, 0.4) is 0 Å². The topological polar surface area (TPSA) is 43.6 Å². The lowest BCUT2D eigenvalue weighted by atomic mass is 10.2. The number of thiazole rings is 1. The Balaban J connectivity index is 2.28. The van der Waals surface area contributed by atoms with Crippen molar-refractivity contribution in [2.75, 3.05) is 5.73 Å². The van der Waals surface area contributed by atoms with Crippen molar-refractivity contribution in [1.82, 2.24) is 4.40 Å². The molecule has 3 rings (SSSR count). The summed E-state index contributed by atoms with van der Waals surface area (Å²) in [6, 6.07) is 5.89. The third-order valence-electron chi connectivity index (χ3n) is 2.76. The van der Waals surface area contributed by atoms with Crippen molar-refractivity contribution in [3.8, 4) is 11.3 Å². The van der Waals surface area contributed by atoms with Crippen LogP contribution in [0.2, 0.25) is 0 Å². The third-order valence-corrected chi connectivity index (χ3v) is 3.69. The van der Waals surface area contributed by atoms with Gasteiger partial charge in [-0.1, -0.05) is 6.92 Å². The molecule has 0 unspecified atom stereocenters. The molecule has 0 aromatic carbocycles. The molecule has 0 atom stereocenters. The Hall–Kier alpha value is -1.68. The van der Waals surface area contributed by atoms with Gasteiger partial charge in [-0.25, -0.2) is 0 Å². The van der Waals surface area contributed by atoms with Gasteiger partial charge in [-0.15, -0.1) is 11.3 Å². The van der Waals surface area contributed by atoms with E-state index >= 15 is 0 Å². The van der Waals surface area contributed by atoms with Crippen LogP contribution in [0.15, 0.2) is 34.3 Å². The molecular weight excluding hydrogens is 220 g/mol. The van der Waals surface area contributed by atoms with Crippen LogP contribution >= 0.6 is 11.3 Å². The van der Waals surface area contributed by atoms with E-state index in [1.54, 1.807) is 17.6 Å². The number of anilines is 1. The summed E-state index contributed by atoms with van der Waals surface area (Å²) >= 11 is 1.71. The van der Waals surface area contributed by atoms with Gasteiger partial charge in [0, 0.05) is 11.1 Å². The predicted octanol–water partition coefficient (Wildman–Crippen LogP) is 3.41. The van der Waals surface area contributed by atoms with E-state index in [1.807, 2.05) is 12.1 Å². The summed E-state index contributed by atoms with van der Waals surface area (Å²) in [6.45, 7) is 2.13. The lowest BCUT2D eigenvalue weighted by Crippen LogP contribution is -1.96. The molecule has 0 radical (unpaired) electrons. The second-order valence-electron chi connectivity index (χ2n) is 3.67. The van der Waals surface area contributed by atoms with Crippen molar-refractivity contribution in [1.29, 1.82) is 0 Å². The standard InChI is InChI=1S/C12H12N2OS/c1-2-8-7-16-11-6-9(12(13)14(8)11)10-4-3-5-15-10/h3-7H,2,13H2,1H3. The Kier molecular flexibility index (Phi) is 2.04. The molecule has 0 amide bonds. The van der Waals surface area contributed by atoms with Gasteiger partial charge in [-0.05, 0) is 24.6 Å². The Morgan fingerprint density at radius 2 is 2.38 bits per heavy atom. The number of furan rings is 1. The Bertz CT molecular complexity index is 619. The molecule has 4 heteroatoms. The van der Waals surface area contributed by atoms with E-state index in [0.717, 1.165) is 23.6 Å². The minimum absolute atomic E-state index is 0.767. The van der Waals surface area contributed by atoms with Gasteiger partial charge < -0.3 is 10.2 Å². The van der Waals surface area contributed by atoms with Crippen LogP contribution in [-0.2, 0) is 6.42 Å². The SMILES string of the molecule is CCc1csc2cc(-c3ccco3)c(N)n12. The summed E-state index contributed by atoms with van der Waals surface area (Å²) in [5, 5.41) is 2.15. The van der Waals surface area contributed by atoms with Crippen LogP contribution in [0.1, 0.15) is 12.6 Å². The first-order valence-corrected chi connectivity index (χ1v) is 6.10. The molecule has 0 bridgehead atoms. The number of nitrogens with zero attached hydrogens (tertiary/aromatic N) is 1. The lowest BCUT2D eigenvalue weighted by molar-refractivity contribution is 0.582. The van der Waals surface area contributed by atoms with E-state index in [4.69, 9.17) is 10.2 Å². The smallest absolute Gasteiger partial charge is 0.137 e. The van der Waals surface area contributed by atoms with Crippen LogP contribution < -0.4 is 5.73 Å². The summed E-state index contributed by atoms with van der Waals surface area (Å²) in [6.07, 6.45) is 2.65. The quantitative estimate of drug-likeness (QED) is 0.735. The van der Waals surface area contributed by atoms with Gasteiger partial charge >= 0.3 is 0 Å². The normalized spacial score (nSPS) is 11.3. The van der Waals surface area contributed by atoms with Gasteiger partial charge in [0.05, 0.1) is 11.8 Å². The van der Waals surface area contributed by atoms with E-state index in [0.29, 0.717) is 0 Å². The highest BCUT2D eigenvalue weighted by molar-refractivity contribution is 7.15. The Morgan fingerprint density at radius 3 is 3.06 bits per heavy atom. The van der Waals surface area contributed by atoms with Crippen molar-refractivity contribution >= 4 is 22.0 Å². The number of rotatable bonds is 2. The summed E-state index contributed by atoms with van der Waals surface area (Å²) in [5.41, 5.74) is 8.38. The highest BCUT2D eigenvalue weighted by Gasteiger charge is 2.14. The number of aromatic nitrogens is 1. The molecule has 3 aromatic heterocycles. The molecule has 0 aliphatic heterocycles. The van der Waals surface area contributed by atoms with Crippen molar-refractivity contribution in [3.63, 3.8) is 0 Å². The van der Waals surface area contributed by atoms with Crippen molar-refractivity contribution in [2.45, 2.75) is 13.3 Å². The van der Waals surface area contributed by atoms with E-state index in [1.165, 1.54) is 10.5 Å². The van der Waals surface area contributed by atoms with Crippen molar-refractivity contribution in [3.05, 3.63) is 35.5 Å². The first kappa shape index (κ1) is 9.54. The summed E-state index contributed by atoms with van der Waals surface area (Å²) < 4.78 is 7.48. The highest BCUT2D eigenvalue weighted by atomic mass is 32.1. The fourth-order valence-electron chi connectivity index (χ4n) is 1.94. The number of hydrogen-bond acceptors (Lipinski definition) is 3. The number of aryl methyl sites for hydroxylation is 1. The second kappa shape index (κ2) is 3.42. The van der Waals surface area contributed by atoms with E-state index in [-0.39, 0.29) is 0 Å². The maximum absolute atomic E-state index is 6.16. The molecule has 0 saturated heterocycles. The van der Waals surface area contributed by atoms with Gasteiger partial charge in [0.2, 0.25) is 0 Å². The number of fused-ring (bicyclic) bond motifs is 1. The zero-order chi connectivity index (χ0) is 11.1. The molecular formula is C12H12N2OS. The highest BCUT2D eigenvalue weighted by Crippen LogP contribution is 2.33. The minimum atomic E-state index is 0.767. The zero-order valence-electron chi connectivity index (χ0n) is 8.93. The first-order valence-electron chi connectivity index (χ1n) is 5.22. The molecule has 3 aromatic rings. The van der Waals surface area contributed by atoms with Gasteiger partial charge in [0.25, 0.3) is 0 Å². The maximum Gasteiger partial charge on any atom is 0.137 e. The van der Waals surface area contributed by atoms with Crippen molar-refractivity contribution < 1.29 is 4.42 Å². The molecule has 0 aliphatic carbocycles. The minimum Gasteiger partial charge on any atom is -0.464 e. The van der Waals surface area contributed by atoms with Crippen LogP contribution in [0.5, 0.6) is 0 Å². The van der Waals surface area contributed by atoms with Crippen LogP contribution in [0.4, 0.5) is 5.82 Å². The molecule has 3 heterocycles. The predicted molar refractivity (Wildman–Crippen MR) is 66.8 cm³/mol. The van der Waals surface area contributed by atoms with Crippen LogP contribution in [0.25, 0.3) is 16.2 Å². The lowest BCUT2D eigenvalue weighted by Gasteiger charge is -1.99. The summed E-state index contributed by atoms with van der Waals surface area (Å²) in [4.78, 5) is 1.17. The van der Waals surface area contributed by atoms with Gasteiger partial charge in [-0.3, -0.25) is 4.40 Å². The fraction of sp³-hybridized carbons (Fsp3) is 0.167. The molecule has 82 valence electrons. The fourth-order valence-corrected chi connectivity index (χ4v) is 2.97. The summed E-state index contributed by atoms with van der Waals surface area (Å²) in [7, 11) is 0. The van der Waals surface area contributed by atoms with Crippen LogP contribution in [0, 0.1) is 0 Å². The molecule has 0 fully saturated rings.